The Bertz CT molecular complexity index is 165. The summed E-state index contributed by atoms with van der Waals surface area (Å²) in [6.07, 6.45) is 0. The molecule has 0 aromatic carbocycles. The maximum Gasteiger partial charge on any atom is 0.333 e. The van der Waals surface area contributed by atoms with E-state index in [1.807, 2.05) is 0 Å². The van der Waals surface area contributed by atoms with Crippen molar-refractivity contribution >= 4 is 5.97 Å². The molecule has 14 heavy (non-hydrogen) atoms. The lowest BCUT2D eigenvalue weighted by molar-refractivity contribution is -0.138. The minimum Gasteiger partial charge on any atom is -0.463 e. The Morgan fingerprint density at radius 2 is 2.07 bits per heavy atom. The molecule has 0 unspecified atom stereocenters. The van der Waals surface area contributed by atoms with Gasteiger partial charge in [0.25, 0.3) is 0 Å². The second-order valence-electron chi connectivity index (χ2n) is 2.86. The molecular weight excluding hydrogens is 182 g/mol. The van der Waals surface area contributed by atoms with E-state index in [2.05, 4.69) is 16.6 Å². The number of morpholine rings is 1. The minimum atomic E-state index is -0.312. The monoisotopic (exact) mass is 201 g/mol. The summed E-state index contributed by atoms with van der Waals surface area (Å²) in [5, 5.41) is 3.16. The smallest absolute Gasteiger partial charge is 0.333 e. The van der Waals surface area contributed by atoms with Gasteiger partial charge in [-0.25, -0.2) is 4.79 Å². The van der Waals surface area contributed by atoms with Crippen molar-refractivity contribution in [1.29, 1.82) is 0 Å². The molecule has 0 saturated carbocycles. The molecule has 1 rings (SSSR count). The Kier molecular flexibility index (Phi) is 8.17. The van der Waals surface area contributed by atoms with E-state index in [0.717, 1.165) is 26.3 Å². The largest absolute Gasteiger partial charge is 0.463 e. The molecule has 4 heteroatoms. The molecule has 0 aromatic heterocycles. The van der Waals surface area contributed by atoms with E-state index in [1.165, 1.54) is 0 Å². The third-order valence-corrected chi connectivity index (χ3v) is 1.47. The van der Waals surface area contributed by atoms with Crippen LogP contribution in [0.4, 0.5) is 0 Å². The van der Waals surface area contributed by atoms with E-state index in [9.17, 15) is 4.79 Å². The summed E-state index contributed by atoms with van der Waals surface area (Å²) in [4.78, 5) is 10.4. The summed E-state index contributed by atoms with van der Waals surface area (Å²) in [5.74, 6) is -0.312. The van der Waals surface area contributed by atoms with Crippen LogP contribution in [0.15, 0.2) is 12.2 Å². The number of hydrogen-bond donors (Lipinski definition) is 1. The van der Waals surface area contributed by atoms with Gasteiger partial charge < -0.3 is 14.8 Å². The average Bonchev–Trinajstić information content (AvgIpc) is 2.21. The van der Waals surface area contributed by atoms with Crippen molar-refractivity contribution in [2.45, 2.75) is 13.8 Å². The van der Waals surface area contributed by atoms with Gasteiger partial charge >= 0.3 is 5.97 Å². The van der Waals surface area contributed by atoms with Crippen molar-refractivity contribution in [2.24, 2.45) is 0 Å². The van der Waals surface area contributed by atoms with Crippen LogP contribution in [0.5, 0.6) is 0 Å². The highest BCUT2D eigenvalue weighted by Crippen LogP contribution is 1.89. The van der Waals surface area contributed by atoms with Crippen LogP contribution in [-0.2, 0) is 14.3 Å². The fraction of sp³-hybridized carbons (Fsp3) is 0.700. The van der Waals surface area contributed by atoms with Crippen LogP contribution in [0.1, 0.15) is 13.8 Å². The number of hydrogen-bond acceptors (Lipinski definition) is 4. The first kappa shape index (κ1) is 13.1. The molecule has 0 radical (unpaired) electrons. The van der Waals surface area contributed by atoms with Crippen molar-refractivity contribution in [3.8, 4) is 0 Å². The highest BCUT2D eigenvalue weighted by Gasteiger charge is 1.98. The lowest BCUT2D eigenvalue weighted by atomic mass is 10.4. The standard InChI is InChI=1S/C6H10O2.C4H9NO/c1-4-8-6(7)5(2)3;1-3-6-4-2-5-1/h2,4H2,1,3H3;5H,1-4H2. The average molecular weight is 201 g/mol. The van der Waals surface area contributed by atoms with Gasteiger partial charge in [0.15, 0.2) is 0 Å². The number of nitrogens with one attached hydrogen (secondary N) is 1. The molecule has 1 heterocycles. The third kappa shape index (κ3) is 7.76. The summed E-state index contributed by atoms with van der Waals surface area (Å²) in [5.41, 5.74) is 0.451. The lowest BCUT2D eigenvalue weighted by Gasteiger charge is -2.10. The van der Waals surface area contributed by atoms with Crippen LogP contribution in [-0.4, -0.2) is 38.9 Å². The van der Waals surface area contributed by atoms with Gasteiger partial charge in [0.05, 0.1) is 19.8 Å². The van der Waals surface area contributed by atoms with E-state index in [-0.39, 0.29) is 5.97 Å². The number of rotatable bonds is 2. The van der Waals surface area contributed by atoms with Crippen LogP contribution >= 0.6 is 0 Å². The third-order valence-electron chi connectivity index (χ3n) is 1.47. The number of esters is 1. The predicted molar refractivity (Wildman–Crippen MR) is 55.1 cm³/mol. The minimum absolute atomic E-state index is 0.312. The molecule has 0 aliphatic carbocycles. The van der Waals surface area contributed by atoms with Crippen molar-refractivity contribution in [3.05, 3.63) is 12.2 Å². The molecule has 4 nitrogen and oxygen atoms in total. The number of carbonyl (C=O) groups is 1. The second kappa shape index (κ2) is 8.72. The summed E-state index contributed by atoms with van der Waals surface area (Å²) >= 11 is 0. The van der Waals surface area contributed by atoms with Crippen LogP contribution in [0.2, 0.25) is 0 Å². The Balaban J connectivity index is 0.000000249. The first-order valence-electron chi connectivity index (χ1n) is 4.79. The first-order chi connectivity index (χ1) is 6.68. The zero-order valence-corrected chi connectivity index (χ0v) is 8.97. The van der Waals surface area contributed by atoms with Crippen LogP contribution in [0, 0.1) is 0 Å². The molecular formula is C10H19NO3. The van der Waals surface area contributed by atoms with Gasteiger partial charge in [0, 0.05) is 18.7 Å². The Hall–Kier alpha value is -0.870. The van der Waals surface area contributed by atoms with Gasteiger partial charge in [-0.3, -0.25) is 0 Å². The first-order valence-corrected chi connectivity index (χ1v) is 4.79. The highest BCUT2D eigenvalue weighted by molar-refractivity contribution is 5.86. The van der Waals surface area contributed by atoms with Gasteiger partial charge in [-0.05, 0) is 13.8 Å². The summed E-state index contributed by atoms with van der Waals surface area (Å²) in [6.45, 7) is 11.0. The van der Waals surface area contributed by atoms with Gasteiger partial charge in [-0.1, -0.05) is 6.58 Å². The normalized spacial score (nSPS) is 15.0. The Morgan fingerprint density at radius 1 is 1.50 bits per heavy atom. The van der Waals surface area contributed by atoms with Gasteiger partial charge in [0.1, 0.15) is 0 Å². The molecule has 0 bridgehead atoms. The molecule has 1 fully saturated rings. The zero-order valence-electron chi connectivity index (χ0n) is 8.97. The molecule has 0 aromatic rings. The van der Waals surface area contributed by atoms with E-state index in [4.69, 9.17) is 4.74 Å². The topological polar surface area (TPSA) is 47.6 Å². The molecule has 82 valence electrons. The predicted octanol–water partition coefficient (Wildman–Crippen LogP) is 0.732. The van der Waals surface area contributed by atoms with Crippen LogP contribution in [0.3, 0.4) is 0 Å². The summed E-state index contributed by atoms with van der Waals surface area (Å²) in [6, 6.07) is 0. The molecule has 0 amide bonds. The SMILES string of the molecule is C1COCCN1.C=C(C)C(=O)OCC. The van der Waals surface area contributed by atoms with Gasteiger partial charge in [-0.2, -0.15) is 0 Å². The number of ether oxygens (including phenoxy) is 2. The van der Waals surface area contributed by atoms with Crippen molar-refractivity contribution < 1.29 is 14.3 Å². The molecule has 1 aliphatic heterocycles. The maximum absolute atomic E-state index is 10.4. The maximum atomic E-state index is 10.4. The fourth-order valence-electron chi connectivity index (χ4n) is 0.770. The number of carbonyl (C=O) groups excluding carboxylic acids is 1. The van der Waals surface area contributed by atoms with Crippen LogP contribution in [0.25, 0.3) is 0 Å². The summed E-state index contributed by atoms with van der Waals surface area (Å²) < 4.78 is 9.57. The zero-order chi connectivity index (χ0) is 10.8. The quantitative estimate of drug-likeness (QED) is 0.528. The molecule has 0 atom stereocenters. The fourth-order valence-corrected chi connectivity index (χ4v) is 0.770. The Labute approximate surface area is 85.3 Å². The van der Waals surface area contributed by atoms with Crippen molar-refractivity contribution in [3.63, 3.8) is 0 Å². The lowest BCUT2D eigenvalue weighted by Crippen LogP contribution is -2.30. The van der Waals surface area contributed by atoms with Crippen molar-refractivity contribution in [2.75, 3.05) is 32.9 Å². The van der Waals surface area contributed by atoms with E-state index < -0.39 is 0 Å². The summed E-state index contributed by atoms with van der Waals surface area (Å²) in [7, 11) is 0. The molecule has 1 aliphatic rings. The van der Waals surface area contributed by atoms with E-state index in [0.29, 0.717) is 12.2 Å². The highest BCUT2D eigenvalue weighted by atomic mass is 16.5. The molecule has 1 saturated heterocycles. The van der Waals surface area contributed by atoms with Gasteiger partial charge in [-0.15, -0.1) is 0 Å². The second-order valence-corrected chi connectivity index (χ2v) is 2.86. The van der Waals surface area contributed by atoms with E-state index >= 15 is 0 Å². The van der Waals surface area contributed by atoms with E-state index in [1.54, 1.807) is 13.8 Å². The van der Waals surface area contributed by atoms with Crippen molar-refractivity contribution in [1.82, 2.24) is 5.32 Å². The molecule has 1 N–H and O–H groups in total. The van der Waals surface area contributed by atoms with Gasteiger partial charge in [0.2, 0.25) is 0 Å². The Morgan fingerprint density at radius 3 is 2.21 bits per heavy atom. The van der Waals surface area contributed by atoms with Crippen LogP contribution < -0.4 is 5.32 Å². The molecule has 0 spiro atoms.